The second-order valence-corrected chi connectivity index (χ2v) is 6.52. The van der Waals surface area contributed by atoms with Crippen molar-refractivity contribution in [3.8, 4) is 5.75 Å². The highest BCUT2D eigenvalue weighted by Gasteiger charge is 2.31. The summed E-state index contributed by atoms with van der Waals surface area (Å²) < 4.78 is 10.9. The van der Waals surface area contributed by atoms with Crippen molar-refractivity contribution in [3.63, 3.8) is 0 Å². The average Bonchev–Trinajstić information content (AvgIpc) is 3.32. The van der Waals surface area contributed by atoms with Crippen LogP contribution in [0.3, 0.4) is 0 Å². The molecule has 1 N–H and O–H groups in total. The Kier molecular flexibility index (Phi) is 4.32. The molecule has 1 saturated heterocycles. The molecule has 0 amide bonds. The number of benzene rings is 1. The summed E-state index contributed by atoms with van der Waals surface area (Å²) in [5, 5.41) is 3.65. The Morgan fingerprint density at radius 3 is 2.71 bits per heavy atom. The number of nitrogens with one attached hydrogen (secondary N) is 1. The minimum Gasteiger partial charge on any atom is -0.491 e. The molecule has 2 unspecified atom stereocenters. The topological polar surface area (TPSA) is 33.8 Å². The Bertz CT molecular complexity index is 478. The van der Waals surface area contributed by atoms with Crippen LogP contribution in [0.1, 0.15) is 32.3 Å². The number of allylic oxidation sites excluding steroid dienone is 1. The monoisotopic (exact) mass is 287 g/mol. The Morgan fingerprint density at radius 1 is 1.24 bits per heavy atom. The predicted octanol–water partition coefficient (Wildman–Crippen LogP) is 3.05. The molecule has 0 aliphatic carbocycles. The average molecular weight is 287 g/mol. The normalized spacial score (nSPS) is 25.4. The van der Waals surface area contributed by atoms with Crippen LogP contribution < -0.4 is 10.1 Å². The zero-order valence-electron chi connectivity index (χ0n) is 13.0. The molecule has 0 saturated carbocycles. The maximum atomic E-state index is 5.71. The van der Waals surface area contributed by atoms with Crippen LogP contribution in [0.15, 0.2) is 36.4 Å². The SMILES string of the molecule is CC(C)(c1ccc(OCC2CO2)cc1)C1CCC=CCN1. The third kappa shape index (κ3) is 3.66. The number of hydrogen-bond donors (Lipinski definition) is 1. The second-order valence-electron chi connectivity index (χ2n) is 6.52. The van der Waals surface area contributed by atoms with E-state index in [9.17, 15) is 0 Å². The molecule has 114 valence electrons. The van der Waals surface area contributed by atoms with E-state index < -0.39 is 0 Å². The summed E-state index contributed by atoms with van der Waals surface area (Å²) in [6.45, 7) is 7.12. The Balaban J connectivity index is 1.65. The van der Waals surface area contributed by atoms with Crippen molar-refractivity contribution >= 4 is 0 Å². The first-order valence-electron chi connectivity index (χ1n) is 7.89. The first-order chi connectivity index (χ1) is 10.2. The fraction of sp³-hybridized carbons (Fsp3) is 0.556. The van der Waals surface area contributed by atoms with Crippen LogP contribution in [-0.4, -0.2) is 31.9 Å². The lowest BCUT2D eigenvalue weighted by Crippen LogP contribution is -2.44. The van der Waals surface area contributed by atoms with E-state index in [4.69, 9.17) is 9.47 Å². The molecular formula is C18H25NO2. The van der Waals surface area contributed by atoms with Gasteiger partial charge in [-0.2, -0.15) is 0 Å². The van der Waals surface area contributed by atoms with Crippen molar-refractivity contribution in [3.05, 3.63) is 42.0 Å². The van der Waals surface area contributed by atoms with Gasteiger partial charge < -0.3 is 14.8 Å². The number of hydrogen-bond acceptors (Lipinski definition) is 3. The molecule has 3 heteroatoms. The highest BCUT2D eigenvalue weighted by molar-refractivity contribution is 5.33. The van der Waals surface area contributed by atoms with Crippen molar-refractivity contribution in [2.45, 2.75) is 44.2 Å². The maximum Gasteiger partial charge on any atom is 0.119 e. The van der Waals surface area contributed by atoms with E-state index in [1.807, 2.05) is 0 Å². The molecule has 2 aliphatic rings. The lowest BCUT2D eigenvalue weighted by atomic mass is 9.76. The third-order valence-corrected chi connectivity index (χ3v) is 4.58. The van der Waals surface area contributed by atoms with Gasteiger partial charge in [-0.3, -0.25) is 0 Å². The second kappa shape index (κ2) is 6.20. The van der Waals surface area contributed by atoms with Crippen molar-refractivity contribution in [1.29, 1.82) is 0 Å². The molecule has 1 aromatic rings. The van der Waals surface area contributed by atoms with Gasteiger partial charge in [-0.05, 0) is 30.5 Å². The summed E-state index contributed by atoms with van der Waals surface area (Å²) in [6.07, 6.45) is 7.15. The van der Waals surface area contributed by atoms with E-state index in [0.29, 0.717) is 18.8 Å². The molecule has 21 heavy (non-hydrogen) atoms. The van der Waals surface area contributed by atoms with Gasteiger partial charge in [0.2, 0.25) is 0 Å². The van der Waals surface area contributed by atoms with Gasteiger partial charge in [-0.25, -0.2) is 0 Å². The van der Waals surface area contributed by atoms with Gasteiger partial charge in [0.25, 0.3) is 0 Å². The Labute approximate surface area is 127 Å². The van der Waals surface area contributed by atoms with Crippen LogP contribution in [0.25, 0.3) is 0 Å². The zero-order chi connectivity index (χ0) is 14.7. The lowest BCUT2D eigenvalue weighted by molar-refractivity contribution is 0.262. The summed E-state index contributed by atoms with van der Waals surface area (Å²) in [4.78, 5) is 0. The first kappa shape index (κ1) is 14.6. The quantitative estimate of drug-likeness (QED) is 0.667. The molecule has 0 radical (unpaired) electrons. The minimum atomic E-state index is 0.115. The highest BCUT2D eigenvalue weighted by atomic mass is 16.6. The largest absolute Gasteiger partial charge is 0.491 e. The van der Waals surface area contributed by atoms with Gasteiger partial charge in [0.15, 0.2) is 0 Å². The standard InChI is InChI=1S/C18H25NO2/c1-18(2,17-6-4-3-5-11-19-17)14-7-9-15(10-8-14)20-12-16-13-21-16/h3,5,7-10,16-17,19H,4,6,11-13H2,1-2H3. The van der Waals surface area contributed by atoms with Gasteiger partial charge in [0, 0.05) is 18.0 Å². The molecule has 3 rings (SSSR count). The molecule has 3 nitrogen and oxygen atoms in total. The molecule has 1 aromatic carbocycles. The van der Waals surface area contributed by atoms with E-state index in [1.54, 1.807) is 0 Å². The predicted molar refractivity (Wildman–Crippen MR) is 84.9 cm³/mol. The maximum absolute atomic E-state index is 5.71. The summed E-state index contributed by atoms with van der Waals surface area (Å²) in [5.41, 5.74) is 1.47. The Hall–Kier alpha value is -1.32. The summed E-state index contributed by atoms with van der Waals surface area (Å²) in [7, 11) is 0. The van der Waals surface area contributed by atoms with Crippen LogP contribution in [0.2, 0.25) is 0 Å². The van der Waals surface area contributed by atoms with Gasteiger partial charge in [0.1, 0.15) is 18.5 Å². The minimum absolute atomic E-state index is 0.115. The van der Waals surface area contributed by atoms with Gasteiger partial charge in [-0.1, -0.05) is 38.1 Å². The molecule has 0 spiro atoms. The van der Waals surface area contributed by atoms with Gasteiger partial charge in [0.05, 0.1) is 6.61 Å². The number of epoxide rings is 1. The molecule has 0 aromatic heterocycles. The van der Waals surface area contributed by atoms with Gasteiger partial charge >= 0.3 is 0 Å². The molecular weight excluding hydrogens is 262 g/mol. The van der Waals surface area contributed by atoms with Gasteiger partial charge in [-0.15, -0.1) is 0 Å². The van der Waals surface area contributed by atoms with Crippen LogP contribution in [-0.2, 0) is 10.2 Å². The van der Waals surface area contributed by atoms with Crippen LogP contribution >= 0.6 is 0 Å². The summed E-state index contributed by atoms with van der Waals surface area (Å²) in [5.74, 6) is 0.931. The van der Waals surface area contributed by atoms with E-state index >= 15 is 0 Å². The lowest BCUT2D eigenvalue weighted by Gasteiger charge is -2.35. The molecule has 2 atom stereocenters. The van der Waals surface area contributed by atoms with E-state index in [0.717, 1.165) is 25.3 Å². The molecule has 2 aliphatic heterocycles. The molecule has 1 fully saturated rings. The molecule has 2 heterocycles. The van der Waals surface area contributed by atoms with Crippen LogP contribution in [0, 0.1) is 0 Å². The summed E-state index contributed by atoms with van der Waals surface area (Å²) in [6, 6.07) is 9.05. The smallest absolute Gasteiger partial charge is 0.119 e. The van der Waals surface area contributed by atoms with E-state index in [2.05, 4.69) is 55.6 Å². The third-order valence-electron chi connectivity index (χ3n) is 4.58. The molecule has 0 bridgehead atoms. The first-order valence-corrected chi connectivity index (χ1v) is 7.89. The number of rotatable bonds is 5. The fourth-order valence-electron chi connectivity index (χ4n) is 2.93. The van der Waals surface area contributed by atoms with E-state index in [-0.39, 0.29) is 5.41 Å². The van der Waals surface area contributed by atoms with Crippen molar-refractivity contribution in [2.24, 2.45) is 0 Å². The highest BCUT2D eigenvalue weighted by Crippen LogP contribution is 2.31. The number of ether oxygens (including phenoxy) is 2. The van der Waals surface area contributed by atoms with Crippen LogP contribution in [0.4, 0.5) is 0 Å². The fourth-order valence-corrected chi connectivity index (χ4v) is 2.93. The van der Waals surface area contributed by atoms with Crippen LogP contribution in [0.5, 0.6) is 5.75 Å². The van der Waals surface area contributed by atoms with Crippen molar-refractivity contribution in [1.82, 2.24) is 5.32 Å². The summed E-state index contributed by atoms with van der Waals surface area (Å²) >= 11 is 0. The van der Waals surface area contributed by atoms with E-state index in [1.165, 1.54) is 12.0 Å². The Morgan fingerprint density at radius 2 is 2.00 bits per heavy atom. The van der Waals surface area contributed by atoms with Crippen molar-refractivity contribution < 1.29 is 9.47 Å². The zero-order valence-corrected chi connectivity index (χ0v) is 13.0. The van der Waals surface area contributed by atoms with Crippen molar-refractivity contribution in [2.75, 3.05) is 19.8 Å².